The molecule has 0 radical (unpaired) electrons. The molecule has 2 aromatic carbocycles. The van der Waals surface area contributed by atoms with E-state index in [4.69, 9.17) is 21.3 Å². The van der Waals surface area contributed by atoms with Gasteiger partial charge in [0.15, 0.2) is 0 Å². The van der Waals surface area contributed by atoms with E-state index in [2.05, 4.69) is 23.1 Å². The molecule has 1 N–H and O–H groups in total. The maximum Gasteiger partial charge on any atom is 0.126 e. The molecule has 3 aromatic rings. The largest absolute Gasteiger partial charge is 0.491 e. The first kappa shape index (κ1) is 23.3. The number of likely N-dealkylation sites (tertiary alicyclic amines) is 1. The molecule has 2 atom stereocenters. The van der Waals surface area contributed by atoms with Gasteiger partial charge >= 0.3 is 0 Å². The van der Waals surface area contributed by atoms with E-state index in [0.717, 1.165) is 43.8 Å². The van der Waals surface area contributed by atoms with Crippen LogP contribution in [-0.2, 0) is 12.8 Å². The second-order valence-electron chi connectivity index (χ2n) is 9.43. The first-order valence-electron chi connectivity index (χ1n) is 12.1. The Morgan fingerprint density at radius 2 is 1.88 bits per heavy atom. The fraction of sp³-hybridized carbons (Fsp3) is 0.393. The van der Waals surface area contributed by atoms with Crippen molar-refractivity contribution in [3.05, 3.63) is 94.0 Å². The summed E-state index contributed by atoms with van der Waals surface area (Å²) < 4.78 is 18.9. The van der Waals surface area contributed by atoms with Gasteiger partial charge in [-0.25, -0.2) is 4.39 Å². The van der Waals surface area contributed by atoms with Gasteiger partial charge in [0.1, 0.15) is 24.3 Å². The molecule has 1 aliphatic carbocycles. The van der Waals surface area contributed by atoms with Crippen molar-refractivity contribution in [2.45, 2.75) is 37.7 Å². The summed E-state index contributed by atoms with van der Waals surface area (Å²) >= 11 is 6.34. The maximum atomic E-state index is 13.3. The number of ether oxygens (including phenoxy) is 1. The Morgan fingerprint density at radius 1 is 1.06 bits per heavy atom. The second kappa shape index (κ2) is 10.4. The van der Waals surface area contributed by atoms with Gasteiger partial charge in [0.2, 0.25) is 0 Å². The maximum absolute atomic E-state index is 13.3. The monoisotopic (exact) mass is 480 g/mol. The van der Waals surface area contributed by atoms with Crippen LogP contribution < -0.4 is 4.74 Å². The van der Waals surface area contributed by atoms with Crippen LogP contribution in [0.5, 0.6) is 5.75 Å². The van der Waals surface area contributed by atoms with E-state index in [1.165, 1.54) is 34.5 Å². The average molecular weight is 481 g/mol. The Morgan fingerprint density at radius 3 is 2.71 bits per heavy atom. The Hall–Kier alpha value is -2.47. The molecule has 0 bridgehead atoms. The zero-order valence-electron chi connectivity index (χ0n) is 19.2. The van der Waals surface area contributed by atoms with Crippen molar-refractivity contribution >= 4 is 11.6 Å². The van der Waals surface area contributed by atoms with Crippen LogP contribution in [0, 0.1) is 11.7 Å². The highest BCUT2D eigenvalue weighted by Crippen LogP contribution is 2.42. The van der Waals surface area contributed by atoms with Crippen molar-refractivity contribution < 1.29 is 14.2 Å². The van der Waals surface area contributed by atoms with Crippen LogP contribution in [0.25, 0.3) is 0 Å². The van der Waals surface area contributed by atoms with E-state index in [1.54, 1.807) is 12.1 Å². The first-order valence-corrected chi connectivity index (χ1v) is 12.5. The average Bonchev–Trinajstić information content (AvgIpc) is 3.00. The van der Waals surface area contributed by atoms with Crippen LogP contribution in [0.4, 0.5) is 4.39 Å². The van der Waals surface area contributed by atoms with Gasteiger partial charge in [-0.2, -0.15) is 0 Å². The topological polar surface area (TPSA) is 45.6 Å². The van der Waals surface area contributed by atoms with E-state index >= 15 is 0 Å². The molecule has 2 heterocycles. The molecule has 34 heavy (non-hydrogen) atoms. The number of piperidine rings is 1. The van der Waals surface area contributed by atoms with Crippen molar-refractivity contribution in [1.29, 1.82) is 0 Å². The fourth-order valence-corrected chi connectivity index (χ4v) is 5.69. The molecule has 2 aliphatic rings. The van der Waals surface area contributed by atoms with Crippen LogP contribution >= 0.6 is 11.6 Å². The fourth-order valence-electron chi connectivity index (χ4n) is 5.50. The van der Waals surface area contributed by atoms with Crippen molar-refractivity contribution in [3.63, 3.8) is 0 Å². The van der Waals surface area contributed by atoms with Gasteiger partial charge < -0.3 is 14.7 Å². The number of rotatable bonds is 6. The minimum atomic E-state index is -0.622. The highest BCUT2D eigenvalue weighted by Gasteiger charge is 2.34. The van der Waals surface area contributed by atoms with Crippen LogP contribution in [-0.4, -0.2) is 47.3 Å². The summed E-state index contributed by atoms with van der Waals surface area (Å²) in [7, 11) is 0. The molecule has 0 amide bonds. The number of fused-ring (bicyclic) bond motifs is 2. The van der Waals surface area contributed by atoms with Crippen molar-refractivity contribution in [2.24, 2.45) is 5.92 Å². The standard InChI is InChI=1S/C28H30ClFN2O2/c29-22-8-9-26-21(15-22)7-6-20-3-2-12-31-28(20)27(26)19-10-13-32(14-11-19)17-24(33)18-34-25-5-1-4-23(30)16-25/h1-5,8-9,12,15-16,19,24,27,33H,6-7,10-11,13-14,17-18H2. The SMILES string of the molecule is OC(COc1cccc(F)c1)CN1CCC(C2c3ccc(Cl)cc3CCc3cccnc32)CC1. The van der Waals surface area contributed by atoms with Gasteiger partial charge in [0.25, 0.3) is 0 Å². The summed E-state index contributed by atoms with van der Waals surface area (Å²) in [5, 5.41) is 11.3. The second-order valence-corrected chi connectivity index (χ2v) is 9.87. The number of aryl methyl sites for hydroxylation is 2. The van der Waals surface area contributed by atoms with Gasteiger partial charge in [-0.15, -0.1) is 0 Å². The smallest absolute Gasteiger partial charge is 0.126 e. The predicted molar refractivity (Wildman–Crippen MR) is 132 cm³/mol. The van der Waals surface area contributed by atoms with E-state index in [-0.39, 0.29) is 18.3 Å². The lowest BCUT2D eigenvalue weighted by atomic mass is 9.76. The minimum absolute atomic E-state index is 0.150. The number of aliphatic hydroxyl groups excluding tert-OH is 1. The van der Waals surface area contributed by atoms with E-state index in [1.807, 2.05) is 18.3 Å². The van der Waals surface area contributed by atoms with E-state index in [9.17, 15) is 9.50 Å². The third-order valence-electron chi connectivity index (χ3n) is 7.14. The highest BCUT2D eigenvalue weighted by atomic mass is 35.5. The third kappa shape index (κ3) is 5.27. The summed E-state index contributed by atoms with van der Waals surface area (Å²) in [5.41, 5.74) is 5.25. The van der Waals surface area contributed by atoms with E-state index < -0.39 is 6.10 Å². The zero-order chi connectivity index (χ0) is 23.5. The highest BCUT2D eigenvalue weighted by molar-refractivity contribution is 6.30. The molecular formula is C28H30ClFN2O2. The van der Waals surface area contributed by atoms with Gasteiger partial charge in [-0.1, -0.05) is 29.8 Å². The predicted octanol–water partition coefficient (Wildman–Crippen LogP) is 5.26. The summed E-state index contributed by atoms with van der Waals surface area (Å²) in [6, 6.07) is 16.6. The summed E-state index contributed by atoms with van der Waals surface area (Å²) in [6.07, 6.45) is 5.35. The lowest BCUT2D eigenvalue weighted by molar-refractivity contribution is 0.0536. The van der Waals surface area contributed by atoms with Gasteiger partial charge in [-0.05, 0) is 91.7 Å². The Kier molecular flexibility index (Phi) is 7.14. The number of nitrogens with zero attached hydrogens (tertiary/aromatic N) is 2. The number of aromatic nitrogens is 1. The molecular weight excluding hydrogens is 451 g/mol. The molecule has 2 unspecified atom stereocenters. The molecule has 0 spiro atoms. The molecule has 1 aromatic heterocycles. The third-order valence-corrected chi connectivity index (χ3v) is 7.37. The number of β-amino-alcohol motifs (C(OH)–C–C–N with tert-alkyl or cyclic N) is 1. The number of hydrogen-bond donors (Lipinski definition) is 1. The van der Waals surface area contributed by atoms with Gasteiger partial charge in [0.05, 0.1) is 5.69 Å². The Bertz CT molecular complexity index is 1130. The van der Waals surface area contributed by atoms with Crippen molar-refractivity contribution in [1.82, 2.24) is 9.88 Å². The normalized spacial score (nSPS) is 19.7. The van der Waals surface area contributed by atoms with Crippen molar-refractivity contribution in [3.8, 4) is 5.75 Å². The van der Waals surface area contributed by atoms with Gasteiger partial charge in [-0.3, -0.25) is 4.98 Å². The first-order chi connectivity index (χ1) is 16.6. The molecule has 0 saturated carbocycles. The van der Waals surface area contributed by atoms with Crippen LogP contribution in [0.3, 0.4) is 0 Å². The Balaban J connectivity index is 1.24. The van der Waals surface area contributed by atoms with Crippen LogP contribution in [0.1, 0.15) is 41.1 Å². The number of pyridine rings is 1. The summed E-state index contributed by atoms with van der Waals surface area (Å²) in [6.45, 7) is 2.54. The summed E-state index contributed by atoms with van der Waals surface area (Å²) in [5.74, 6) is 0.863. The molecule has 1 fully saturated rings. The molecule has 6 heteroatoms. The molecule has 5 rings (SSSR count). The molecule has 1 saturated heterocycles. The Labute approximate surface area is 205 Å². The number of hydrogen-bond acceptors (Lipinski definition) is 4. The van der Waals surface area contributed by atoms with Crippen LogP contribution in [0.15, 0.2) is 60.8 Å². The van der Waals surface area contributed by atoms with E-state index in [0.29, 0.717) is 18.2 Å². The van der Waals surface area contributed by atoms with Gasteiger partial charge in [0, 0.05) is 29.7 Å². The minimum Gasteiger partial charge on any atom is -0.491 e. The lowest BCUT2D eigenvalue weighted by Gasteiger charge is -2.37. The molecule has 178 valence electrons. The molecule has 4 nitrogen and oxygen atoms in total. The zero-order valence-corrected chi connectivity index (χ0v) is 19.9. The van der Waals surface area contributed by atoms with Crippen molar-refractivity contribution in [2.75, 3.05) is 26.2 Å². The summed E-state index contributed by atoms with van der Waals surface area (Å²) in [4.78, 5) is 7.15. The van der Waals surface area contributed by atoms with Crippen LogP contribution in [0.2, 0.25) is 5.02 Å². The molecule has 1 aliphatic heterocycles. The quantitative estimate of drug-likeness (QED) is 0.523. The lowest BCUT2D eigenvalue weighted by Crippen LogP contribution is -2.41. The number of halogens is 2. The number of benzene rings is 2. The number of aliphatic hydroxyl groups is 1.